The van der Waals surface area contributed by atoms with Gasteiger partial charge in [-0.1, -0.05) is 60.7 Å². The molecule has 0 fully saturated rings. The van der Waals surface area contributed by atoms with Crippen molar-refractivity contribution in [3.05, 3.63) is 60.7 Å². The van der Waals surface area contributed by atoms with Crippen molar-refractivity contribution in [1.82, 2.24) is 0 Å². The van der Waals surface area contributed by atoms with Gasteiger partial charge in [0.1, 0.15) is 6.35 Å². The van der Waals surface area contributed by atoms with Crippen LogP contribution in [0.2, 0.25) is 0 Å². The van der Waals surface area contributed by atoms with E-state index < -0.39 is 7.92 Å². The molecule has 0 saturated heterocycles. The predicted octanol–water partition coefficient (Wildman–Crippen LogP) is 2.64. The second-order valence-electron chi connectivity index (χ2n) is 3.86. The molecule has 3 heteroatoms. The number of esters is 1. The molecule has 0 atom stereocenters. The lowest BCUT2D eigenvalue weighted by Crippen LogP contribution is -2.16. The van der Waals surface area contributed by atoms with E-state index in [1.165, 1.54) is 17.5 Å². The molecule has 0 aliphatic heterocycles. The molecule has 0 radical (unpaired) electrons. The fourth-order valence-corrected chi connectivity index (χ4v) is 3.64. The number of carbonyl (C=O) groups is 1. The number of benzene rings is 2. The van der Waals surface area contributed by atoms with Crippen LogP contribution >= 0.6 is 7.92 Å². The Morgan fingerprint density at radius 1 is 0.944 bits per heavy atom. The molecule has 0 unspecified atom stereocenters. The van der Waals surface area contributed by atoms with Crippen LogP contribution in [0.1, 0.15) is 6.92 Å². The minimum Gasteiger partial charge on any atom is -0.461 e. The van der Waals surface area contributed by atoms with Crippen molar-refractivity contribution in [2.75, 3.05) is 6.35 Å². The van der Waals surface area contributed by atoms with Crippen molar-refractivity contribution >= 4 is 24.5 Å². The van der Waals surface area contributed by atoms with Crippen molar-refractivity contribution in [3.63, 3.8) is 0 Å². The van der Waals surface area contributed by atoms with Gasteiger partial charge in [0.2, 0.25) is 0 Å². The number of rotatable bonds is 4. The molecular weight excluding hydrogens is 243 g/mol. The summed E-state index contributed by atoms with van der Waals surface area (Å²) in [5, 5.41) is 2.44. The Balaban J connectivity index is 2.26. The molecule has 2 rings (SSSR count). The third kappa shape index (κ3) is 3.41. The maximum absolute atomic E-state index is 11.0. The van der Waals surface area contributed by atoms with E-state index in [-0.39, 0.29) is 5.97 Å². The van der Waals surface area contributed by atoms with E-state index >= 15 is 0 Å². The van der Waals surface area contributed by atoms with E-state index in [4.69, 9.17) is 4.74 Å². The predicted molar refractivity (Wildman–Crippen MR) is 75.7 cm³/mol. The lowest BCUT2D eigenvalue weighted by Gasteiger charge is -2.17. The van der Waals surface area contributed by atoms with Gasteiger partial charge in [0, 0.05) is 6.92 Å². The second-order valence-corrected chi connectivity index (χ2v) is 6.01. The summed E-state index contributed by atoms with van der Waals surface area (Å²) >= 11 is 0. The van der Waals surface area contributed by atoms with E-state index in [1.54, 1.807) is 0 Å². The largest absolute Gasteiger partial charge is 0.461 e. The molecule has 18 heavy (non-hydrogen) atoms. The highest BCUT2D eigenvalue weighted by Crippen LogP contribution is 2.33. The molecule has 0 aromatic heterocycles. The average molecular weight is 258 g/mol. The number of ether oxygens (including phenoxy) is 1. The number of hydrogen-bond donors (Lipinski definition) is 0. The van der Waals surface area contributed by atoms with Gasteiger partial charge in [-0.2, -0.15) is 0 Å². The summed E-state index contributed by atoms with van der Waals surface area (Å²) in [6.45, 7) is 1.45. The first-order valence-electron chi connectivity index (χ1n) is 5.78. The van der Waals surface area contributed by atoms with Gasteiger partial charge < -0.3 is 4.74 Å². The quantitative estimate of drug-likeness (QED) is 0.622. The van der Waals surface area contributed by atoms with Gasteiger partial charge in [0.05, 0.1) is 0 Å². The van der Waals surface area contributed by atoms with Crippen molar-refractivity contribution in [2.24, 2.45) is 0 Å². The van der Waals surface area contributed by atoms with Crippen LogP contribution in [0.5, 0.6) is 0 Å². The normalized spacial score (nSPS) is 10.3. The molecule has 0 aliphatic carbocycles. The molecule has 0 saturated carbocycles. The molecule has 92 valence electrons. The van der Waals surface area contributed by atoms with E-state index in [1.807, 2.05) is 36.4 Å². The fraction of sp³-hybridized carbons (Fsp3) is 0.133. The van der Waals surface area contributed by atoms with Gasteiger partial charge in [-0.05, 0) is 18.5 Å². The molecule has 2 nitrogen and oxygen atoms in total. The lowest BCUT2D eigenvalue weighted by atomic mass is 10.4. The molecule has 0 heterocycles. The Kier molecular flexibility index (Phi) is 4.49. The average Bonchev–Trinajstić information content (AvgIpc) is 2.41. The molecule has 0 amide bonds. The maximum atomic E-state index is 11.0. The van der Waals surface area contributed by atoms with Gasteiger partial charge in [0.15, 0.2) is 0 Å². The monoisotopic (exact) mass is 258 g/mol. The minimum absolute atomic E-state index is 0.227. The summed E-state index contributed by atoms with van der Waals surface area (Å²) in [6.07, 6.45) is 0.443. The van der Waals surface area contributed by atoms with E-state index in [9.17, 15) is 4.79 Å². The zero-order valence-electron chi connectivity index (χ0n) is 10.2. The Hall–Kier alpha value is -1.66. The van der Waals surface area contributed by atoms with Gasteiger partial charge in [-0.15, -0.1) is 0 Å². The third-order valence-electron chi connectivity index (χ3n) is 2.53. The first-order chi connectivity index (χ1) is 8.77. The van der Waals surface area contributed by atoms with Crippen LogP contribution in [0.4, 0.5) is 0 Å². The van der Waals surface area contributed by atoms with Crippen LogP contribution < -0.4 is 10.6 Å². The fourth-order valence-electron chi connectivity index (χ4n) is 1.67. The van der Waals surface area contributed by atoms with Crippen molar-refractivity contribution in [3.8, 4) is 0 Å². The van der Waals surface area contributed by atoms with Gasteiger partial charge in [-0.25, -0.2) is 0 Å². The molecule has 2 aromatic carbocycles. The van der Waals surface area contributed by atoms with E-state index in [0.717, 1.165) is 0 Å². The van der Waals surface area contributed by atoms with Crippen LogP contribution in [-0.4, -0.2) is 12.3 Å². The van der Waals surface area contributed by atoms with Crippen molar-refractivity contribution in [1.29, 1.82) is 0 Å². The summed E-state index contributed by atoms with van der Waals surface area (Å²) in [6, 6.07) is 20.4. The summed E-state index contributed by atoms with van der Waals surface area (Å²) in [7, 11) is -0.626. The Morgan fingerprint density at radius 2 is 1.39 bits per heavy atom. The standard InChI is InChI=1S/C15H15O2P/c1-13(16)17-12-18(14-8-4-2-5-9-14)15-10-6-3-7-11-15/h2-11H,12H2,1H3. The highest BCUT2D eigenvalue weighted by molar-refractivity contribution is 7.72. The van der Waals surface area contributed by atoms with Gasteiger partial charge in [0.25, 0.3) is 0 Å². The third-order valence-corrected chi connectivity index (χ3v) is 4.76. The molecule has 0 spiro atoms. The molecule has 2 aromatic rings. The van der Waals surface area contributed by atoms with Crippen LogP contribution in [0.15, 0.2) is 60.7 Å². The second kappa shape index (κ2) is 6.32. The topological polar surface area (TPSA) is 26.3 Å². The van der Waals surface area contributed by atoms with Gasteiger partial charge >= 0.3 is 5.97 Å². The summed E-state index contributed by atoms with van der Waals surface area (Å²) < 4.78 is 5.20. The Bertz CT molecular complexity index is 457. The van der Waals surface area contributed by atoms with Gasteiger partial charge in [-0.3, -0.25) is 4.79 Å². The Morgan fingerprint density at radius 3 is 1.78 bits per heavy atom. The van der Waals surface area contributed by atoms with Crippen LogP contribution in [0.25, 0.3) is 0 Å². The van der Waals surface area contributed by atoms with Crippen LogP contribution in [-0.2, 0) is 9.53 Å². The first-order valence-corrected chi connectivity index (χ1v) is 7.31. The van der Waals surface area contributed by atoms with Crippen LogP contribution in [0.3, 0.4) is 0 Å². The molecule has 0 bridgehead atoms. The Labute approximate surface area is 108 Å². The van der Waals surface area contributed by atoms with Crippen molar-refractivity contribution < 1.29 is 9.53 Å². The van der Waals surface area contributed by atoms with Crippen molar-refractivity contribution in [2.45, 2.75) is 6.92 Å². The summed E-state index contributed by atoms with van der Waals surface area (Å²) in [5.74, 6) is -0.227. The molecule has 0 aliphatic rings. The summed E-state index contributed by atoms with van der Waals surface area (Å²) in [5.41, 5.74) is 0. The van der Waals surface area contributed by atoms with E-state index in [0.29, 0.717) is 6.35 Å². The lowest BCUT2D eigenvalue weighted by molar-refractivity contribution is -0.138. The maximum Gasteiger partial charge on any atom is 0.302 e. The zero-order chi connectivity index (χ0) is 12.8. The number of hydrogen-bond acceptors (Lipinski definition) is 2. The first kappa shape index (κ1) is 12.8. The highest BCUT2D eigenvalue weighted by Gasteiger charge is 2.14. The SMILES string of the molecule is CC(=O)OCP(c1ccccc1)c1ccccc1. The zero-order valence-corrected chi connectivity index (χ0v) is 11.1. The highest BCUT2D eigenvalue weighted by atomic mass is 31.1. The smallest absolute Gasteiger partial charge is 0.302 e. The minimum atomic E-state index is -0.626. The van der Waals surface area contributed by atoms with Crippen LogP contribution in [0, 0.1) is 0 Å². The molecule has 0 N–H and O–H groups in total. The number of carbonyl (C=O) groups excluding carboxylic acids is 1. The van der Waals surface area contributed by atoms with E-state index in [2.05, 4.69) is 24.3 Å². The summed E-state index contributed by atoms with van der Waals surface area (Å²) in [4.78, 5) is 11.0. The molecular formula is C15H15O2P.